The minimum absolute atomic E-state index is 0.654. The molecule has 0 aromatic heterocycles. The van der Waals surface area contributed by atoms with Crippen LogP contribution in [0.3, 0.4) is 0 Å². The van der Waals surface area contributed by atoms with Crippen molar-refractivity contribution in [1.82, 2.24) is 15.1 Å². The lowest BCUT2D eigenvalue weighted by molar-refractivity contribution is 0.157. The number of hydrogen-bond donors (Lipinski definition) is 1. The molecule has 0 aromatic carbocycles. The van der Waals surface area contributed by atoms with Crippen molar-refractivity contribution in [3.05, 3.63) is 0 Å². The molecule has 5 nitrogen and oxygen atoms in total. The van der Waals surface area contributed by atoms with E-state index in [1.807, 2.05) is 0 Å². The first-order valence-electron chi connectivity index (χ1n) is 9.56. The lowest BCUT2D eigenvalue weighted by Gasteiger charge is -2.23. The fraction of sp³-hybridized carbons (Fsp3) is 0.944. The van der Waals surface area contributed by atoms with Gasteiger partial charge in [0.15, 0.2) is 5.96 Å². The zero-order valence-corrected chi connectivity index (χ0v) is 15.0. The Hall–Kier alpha value is -0.810. The molecule has 1 saturated heterocycles. The number of aliphatic imine (C=N–C) groups is 1. The summed E-state index contributed by atoms with van der Waals surface area (Å²) in [6.45, 7) is 9.52. The molecule has 2 saturated carbocycles. The molecule has 1 aliphatic heterocycles. The second-order valence-electron chi connectivity index (χ2n) is 7.46. The number of likely N-dealkylation sites (tertiary alicyclic amines) is 1. The fourth-order valence-electron chi connectivity index (χ4n) is 3.60. The van der Waals surface area contributed by atoms with E-state index >= 15 is 0 Å². The van der Waals surface area contributed by atoms with E-state index in [0.29, 0.717) is 5.92 Å². The summed E-state index contributed by atoms with van der Waals surface area (Å²) in [5.74, 6) is 2.75. The first-order valence-corrected chi connectivity index (χ1v) is 9.56. The van der Waals surface area contributed by atoms with Gasteiger partial charge in [-0.1, -0.05) is 0 Å². The van der Waals surface area contributed by atoms with Gasteiger partial charge in [-0.05, 0) is 44.9 Å². The highest BCUT2D eigenvalue weighted by Crippen LogP contribution is 2.34. The van der Waals surface area contributed by atoms with Crippen LogP contribution in [0.4, 0.5) is 0 Å². The molecule has 3 fully saturated rings. The maximum absolute atomic E-state index is 5.31. The van der Waals surface area contributed by atoms with Gasteiger partial charge in [-0.2, -0.15) is 0 Å². The van der Waals surface area contributed by atoms with Crippen molar-refractivity contribution in [2.75, 3.05) is 53.0 Å². The van der Waals surface area contributed by atoms with Crippen molar-refractivity contribution in [2.45, 2.75) is 45.1 Å². The van der Waals surface area contributed by atoms with Crippen LogP contribution in [-0.2, 0) is 4.74 Å². The van der Waals surface area contributed by atoms with Crippen LogP contribution in [0, 0.1) is 11.8 Å². The zero-order chi connectivity index (χ0) is 16.1. The quantitative estimate of drug-likeness (QED) is 0.519. The average Bonchev–Trinajstić information content (AvgIpc) is 3.45. The standard InChI is InChI=1S/C18H34N4O/c1-3-19-18(22-10-8-16(13-22)14-23-2)20-9-11-21(17-6-7-17)12-15-4-5-15/h15-17H,3-14H2,1-2H3,(H,19,20). The summed E-state index contributed by atoms with van der Waals surface area (Å²) >= 11 is 0. The van der Waals surface area contributed by atoms with Crippen molar-refractivity contribution >= 4 is 5.96 Å². The molecule has 1 heterocycles. The van der Waals surface area contributed by atoms with E-state index in [-0.39, 0.29) is 0 Å². The van der Waals surface area contributed by atoms with Gasteiger partial charge in [0.05, 0.1) is 13.2 Å². The molecule has 1 N–H and O–H groups in total. The maximum Gasteiger partial charge on any atom is 0.193 e. The number of methoxy groups -OCH3 is 1. The first kappa shape index (κ1) is 17.0. The minimum Gasteiger partial charge on any atom is -0.384 e. The second kappa shape index (κ2) is 8.34. The molecule has 0 amide bonds. The lowest BCUT2D eigenvalue weighted by atomic mass is 10.1. The molecule has 2 aliphatic carbocycles. The molecular weight excluding hydrogens is 288 g/mol. The Bertz CT molecular complexity index is 392. The molecule has 132 valence electrons. The predicted molar refractivity (Wildman–Crippen MR) is 94.9 cm³/mol. The van der Waals surface area contributed by atoms with E-state index in [2.05, 4.69) is 22.0 Å². The van der Waals surface area contributed by atoms with Crippen LogP contribution in [0.1, 0.15) is 39.0 Å². The van der Waals surface area contributed by atoms with Gasteiger partial charge >= 0.3 is 0 Å². The molecule has 5 heteroatoms. The molecule has 1 atom stereocenters. The molecule has 3 rings (SSSR count). The molecule has 0 aromatic rings. The van der Waals surface area contributed by atoms with E-state index in [1.54, 1.807) is 7.11 Å². The maximum atomic E-state index is 5.31. The van der Waals surface area contributed by atoms with Crippen molar-refractivity contribution in [1.29, 1.82) is 0 Å². The zero-order valence-electron chi connectivity index (χ0n) is 15.0. The van der Waals surface area contributed by atoms with E-state index in [4.69, 9.17) is 9.73 Å². The molecule has 0 spiro atoms. The van der Waals surface area contributed by atoms with Gasteiger partial charge in [-0.3, -0.25) is 9.89 Å². The minimum atomic E-state index is 0.654. The fourth-order valence-corrected chi connectivity index (χ4v) is 3.60. The summed E-state index contributed by atoms with van der Waals surface area (Å²) in [7, 11) is 1.80. The largest absolute Gasteiger partial charge is 0.384 e. The van der Waals surface area contributed by atoms with Crippen molar-refractivity contribution in [2.24, 2.45) is 16.8 Å². The number of hydrogen-bond acceptors (Lipinski definition) is 3. The number of nitrogens with one attached hydrogen (secondary N) is 1. The third-order valence-electron chi connectivity index (χ3n) is 5.22. The van der Waals surface area contributed by atoms with Crippen LogP contribution >= 0.6 is 0 Å². The third kappa shape index (κ3) is 5.35. The predicted octanol–water partition coefficient (Wildman–Crippen LogP) is 1.79. The van der Waals surface area contributed by atoms with Gasteiger partial charge in [0.25, 0.3) is 0 Å². The molecule has 1 unspecified atom stereocenters. The van der Waals surface area contributed by atoms with Gasteiger partial charge in [-0.15, -0.1) is 0 Å². The summed E-state index contributed by atoms with van der Waals surface area (Å²) in [6.07, 6.45) is 6.92. The Labute approximate surface area is 141 Å². The third-order valence-corrected chi connectivity index (χ3v) is 5.22. The Morgan fingerprint density at radius 1 is 1.22 bits per heavy atom. The summed E-state index contributed by atoms with van der Waals surface area (Å²) in [6, 6.07) is 0.867. The summed E-state index contributed by atoms with van der Waals surface area (Å²) in [5, 5.41) is 3.48. The summed E-state index contributed by atoms with van der Waals surface area (Å²) < 4.78 is 5.31. The van der Waals surface area contributed by atoms with Gasteiger partial charge < -0.3 is 15.0 Å². The van der Waals surface area contributed by atoms with Crippen LogP contribution in [0.5, 0.6) is 0 Å². The second-order valence-corrected chi connectivity index (χ2v) is 7.46. The number of guanidine groups is 1. The number of rotatable bonds is 9. The van der Waals surface area contributed by atoms with Crippen LogP contribution in [0.15, 0.2) is 4.99 Å². The van der Waals surface area contributed by atoms with Gasteiger partial charge in [0.2, 0.25) is 0 Å². The smallest absolute Gasteiger partial charge is 0.193 e. The monoisotopic (exact) mass is 322 g/mol. The van der Waals surface area contributed by atoms with Crippen LogP contribution < -0.4 is 5.32 Å². The topological polar surface area (TPSA) is 40.1 Å². The van der Waals surface area contributed by atoms with Crippen molar-refractivity contribution in [3.63, 3.8) is 0 Å². The SMILES string of the molecule is CCNC(=NCCN(CC1CC1)C1CC1)N1CCC(COC)C1. The Balaban J connectivity index is 1.47. The van der Waals surface area contributed by atoms with Crippen LogP contribution in [0.2, 0.25) is 0 Å². The Kier molecular flexibility index (Phi) is 6.17. The van der Waals surface area contributed by atoms with Gasteiger partial charge in [0.1, 0.15) is 0 Å². The van der Waals surface area contributed by atoms with Crippen LogP contribution in [0.25, 0.3) is 0 Å². The van der Waals surface area contributed by atoms with E-state index < -0.39 is 0 Å². The number of nitrogens with zero attached hydrogens (tertiary/aromatic N) is 3. The Morgan fingerprint density at radius 3 is 2.70 bits per heavy atom. The molecule has 3 aliphatic rings. The summed E-state index contributed by atoms with van der Waals surface area (Å²) in [4.78, 5) is 10.0. The van der Waals surface area contributed by atoms with Gasteiger partial charge in [0, 0.05) is 51.8 Å². The highest BCUT2D eigenvalue weighted by molar-refractivity contribution is 5.80. The lowest BCUT2D eigenvalue weighted by Crippen LogP contribution is -2.41. The molecule has 23 heavy (non-hydrogen) atoms. The van der Waals surface area contributed by atoms with Crippen LogP contribution in [-0.4, -0.2) is 74.8 Å². The molecule has 0 radical (unpaired) electrons. The highest BCUT2D eigenvalue weighted by atomic mass is 16.5. The van der Waals surface area contributed by atoms with Crippen molar-refractivity contribution < 1.29 is 4.74 Å². The summed E-state index contributed by atoms with van der Waals surface area (Å²) in [5.41, 5.74) is 0. The normalized spacial score (nSPS) is 25.4. The molecular formula is C18H34N4O. The van der Waals surface area contributed by atoms with E-state index in [0.717, 1.165) is 57.2 Å². The average molecular weight is 322 g/mol. The molecule has 0 bridgehead atoms. The number of ether oxygens (including phenoxy) is 1. The van der Waals surface area contributed by atoms with Crippen molar-refractivity contribution in [3.8, 4) is 0 Å². The first-order chi connectivity index (χ1) is 11.3. The van der Waals surface area contributed by atoms with Gasteiger partial charge in [-0.25, -0.2) is 0 Å². The van der Waals surface area contributed by atoms with E-state index in [1.165, 1.54) is 38.6 Å². The Morgan fingerprint density at radius 2 is 2.04 bits per heavy atom. The highest BCUT2D eigenvalue weighted by Gasteiger charge is 2.33. The van der Waals surface area contributed by atoms with E-state index in [9.17, 15) is 0 Å².